The van der Waals surface area contributed by atoms with Crippen LogP contribution in [0.1, 0.15) is 77.6 Å². The van der Waals surface area contributed by atoms with E-state index in [4.69, 9.17) is 4.74 Å². The number of cyclic esters (lactones) is 1. The number of carbonyl (C=O) groups excluding carboxylic acids is 1. The zero-order chi connectivity index (χ0) is 13.1. The zero-order valence-corrected chi connectivity index (χ0v) is 11.9. The molecule has 0 atom stereocenters. The molecule has 0 aromatic rings. The summed E-state index contributed by atoms with van der Waals surface area (Å²) in [7, 11) is 0. The van der Waals surface area contributed by atoms with E-state index in [0.29, 0.717) is 6.61 Å². The second-order valence-electron chi connectivity index (χ2n) is 5.23. The van der Waals surface area contributed by atoms with Gasteiger partial charge in [-0.1, -0.05) is 64.4 Å². The van der Waals surface area contributed by atoms with Crippen molar-refractivity contribution in [1.29, 1.82) is 0 Å². The first-order valence-electron chi connectivity index (χ1n) is 7.70. The van der Waals surface area contributed by atoms with Crippen LogP contribution in [0.15, 0.2) is 11.6 Å². The lowest BCUT2D eigenvalue weighted by Gasteiger charge is -2.12. The molecule has 1 rings (SSSR count). The fourth-order valence-corrected chi connectivity index (χ4v) is 2.39. The fourth-order valence-electron chi connectivity index (χ4n) is 2.39. The fraction of sp³-hybridized carbons (Fsp3) is 0.812. The van der Waals surface area contributed by atoms with Crippen molar-refractivity contribution in [2.75, 3.05) is 6.61 Å². The smallest absolute Gasteiger partial charge is 0.333 e. The number of hydrogen-bond donors (Lipinski definition) is 0. The molecular formula is C16H28O2. The number of esters is 1. The van der Waals surface area contributed by atoms with Crippen molar-refractivity contribution in [3.05, 3.63) is 11.6 Å². The van der Waals surface area contributed by atoms with Crippen molar-refractivity contribution in [3.8, 4) is 0 Å². The van der Waals surface area contributed by atoms with Crippen molar-refractivity contribution in [1.82, 2.24) is 0 Å². The van der Waals surface area contributed by atoms with Gasteiger partial charge in [0.2, 0.25) is 0 Å². The van der Waals surface area contributed by atoms with Gasteiger partial charge in [0.25, 0.3) is 0 Å². The Hall–Kier alpha value is -0.790. The van der Waals surface area contributed by atoms with Crippen LogP contribution in [0.5, 0.6) is 0 Å². The lowest BCUT2D eigenvalue weighted by Crippen LogP contribution is -2.13. The highest BCUT2D eigenvalue weighted by atomic mass is 16.5. The third kappa shape index (κ3) is 6.83. The Morgan fingerprint density at radius 2 is 1.61 bits per heavy atom. The molecule has 1 aliphatic rings. The van der Waals surface area contributed by atoms with E-state index in [9.17, 15) is 4.79 Å². The molecule has 0 N–H and O–H groups in total. The van der Waals surface area contributed by atoms with E-state index in [1.165, 1.54) is 51.4 Å². The molecule has 0 saturated carbocycles. The summed E-state index contributed by atoms with van der Waals surface area (Å²) in [6.45, 7) is 2.82. The number of ether oxygens (including phenoxy) is 1. The van der Waals surface area contributed by atoms with Crippen molar-refractivity contribution in [2.45, 2.75) is 77.6 Å². The summed E-state index contributed by atoms with van der Waals surface area (Å²) < 4.78 is 5.02. The summed E-state index contributed by atoms with van der Waals surface area (Å²) in [5, 5.41) is 0. The average Bonchev–Trinajstić information content (AvgIpc) is 2.39. The molecule has 0 radical (unpaired) electrons. The zero-order valence-electron chi connectivity index (χ0n) is 11.9. The minimum absolute atomic E-state index is 0.0826. The van der Waals surface area contributed by atoms with E-state index >= 15 is 0 Å². The molecule has 0 spiro atoms. The van der Waals surface area contributed by atoms with Crippen LogP contribution in [0.2, 0.25) is 0 Å². The second-order valence-corrected chi connectivity index (χ2v) is 5.23. The SMILES string of the molecule is CCCCCCCCCCCC1=CCCOC1=O. The summed E-state index contributed by atoms with van der Waals surface area (Å²) >= 11 is 0. The van der Waals surface area contributed by atoms with Crippen molar-refractivity contribution >= 4 is 5.97 Å². The van der Waals surface area contributed by atoms with Gasteiger partial charge in [-0.15, -0.1) is 0 Å². The van der Waals surface area contributed by atoms with E-state index < -0.39 is 0 Å². The third-order valence-electron chi connectivity index (χ3n) is 3.55. The first kappa shape index (κ1) is 15.3. The summed E-state index contributed by atoms with van der Waals surface area (Å²) in [6.07, 6.45) is 15.8. The van der Waals surface area contributed by atoms with Gasteiger partial charge in [0, 0.05) is 12.0 Å². The molecule has 1 aliphatic heterocycles. The molecule has 18 heavy (non-hydrogen) atoms. The van der Waals surface area contributed by atoms with Gasteiger partial charge in [0.15, 0.2) is 0 Å². The standard InChI is InChI=1S/C16H28O2/c1-2-3-4-5-6-7-8-9-10-12-15-13-11-14-18-16(15)17/h13H,2-12,14H2,1H3. The Kier molecular flexibility index (Phi) is 8.62. The van der Waals surface area contributed by atoms with Gasteiger partial charge >= 0.3 is 5.97 Å². The van der Waals surface area contributed by atoms with Crippen molar-refractivity contribution < 1.29 is 9.53 Å². The molecular weight excluding hydrogens is 224 g/mol. The second kappa shape index (κ2) is 10.2. The Balaban J connectivity index is 1.89. The summed E-state index contributed by atoms with van der Waals surface area (Å²) in [5.41, 5.74) is 0.907. The largest absolute Gasteiger partial charge is 0.462 e. The van der Waals surface area contributed by atoms with E-state index in [1.54, 1.807) is 0 Å². The lowest BCUT2D eigenvalue weighted by atomic mass is 10.0. The van der Waals surface area contributed by atoms with Gasteiger partial charge in [0.05, 0.1) is 6.61 Å². The normalized spacial score (nSPS) is 15.4. The van der Waals surface area contributed by atoms with Crippen molar-refractivity contribution in [3.63, 3.8) is 0 Å². The van der Waals surface area contributed by atoms with E-state index in [0.717, 1.165) is 24.8 Å². The molecule has 0 fully saturated rings. The van der Waals surface area contributed by atoms with Gasteiger partial charge in [-0.25, -0.2) is 4.79 Å². The summed E-state index contributed by atoms with van der Waals surface area (Å²) in [5.74, 6) is -0.0826. The van der Waals surface area contributed by atoms with Crippen LogP contribution in [0.25, 0.3) is 0 Å². The van der Waals surface area contributed by atoms with Gasteiger partial charge < -0.3 is 4.74 Å². The van der Waals surface area contributed by atoms with E-state index in [-0.39, 0.29) is 5.97 Å². The number of carbonyl (C=O) groups is 1. The van der Waals surface area contributed by atoms with Crippen LogP contribution < -0.4 is 0 Å². The quantitative estimate of drug-likeness (QED) is 0.413. The molecule has 0 unspecified atom stereocenters. The Bertz CT molecular complexity index is 256. The first-order chi connectivity index (χ1) is 8.84. The molecule has 104 valence electrons. The Labute approximate surface area is 112 Å². The van der Waals surface area contributed by atoms with Crippen LogP contribution in [0.3, 0.4) is 0 Å². The first-order valence-corrected chi connectivity index (χ1v) is 7.70. The highest BCUT2D eigenvalue weighted by Crippen LogP contribution is 2.16. The maximum atomic E-state index is 11.4. The van der Waals surface area contributed by atoms with E-state index in [1.807, 2.05) is 0 Å². The highest BCUT2D eigenvalue weighted by Gasteiger charge is 2.13. The molecule has 0 aromatic heterocycles. The van der Waals surface area contributed by atoms with Crippen LogP contribution in [-0.2, 0) is 9.53 Å². The van der Waals surface area contributed by atoms with Crippen LogP contribution in [0, 0.1) is 0 Å². The monoisotopic (exact) mass is 252 g/mol. The summed E-state index contributed by atoms with van der Waals surface area (Å²) in [6, 6.07) is 0. The third-order valence-corrected chi connectivity index (χ3v) is 3.55. The Morgan fingerprint density at radius 1 is 1.00 bits per heavy atom. The molecule has 0 aromatic carbocycles. The van der Waals surface area contributed by atoms with Crippen LogP contribution >= 0.6 is 0 Å². The molecule has 1 heterocycles. The molecule has 0 aliphatic carbocycles. The minimum Gasteiger partial charge on any atom is -0.462 e. The Morgan fingerprint density at radius 3 is 2.22 bits per heavy atom. The maximum absolute atomic E-state index is 11.4. The molecule has 2 heteroatoms. The van der Waals surface area contributed by atoms with Gasteiger partial charge in [0.1, 0.15) is 0 Å². The van der Waals surface area contributed by atoms with Crippen LogP contribution in [0.4, 0.5) is 0 Å². The predicted octanol–water partition coefficient (Wildman–Crippen LogP) is 4.78. The van der Waals surface area contributed by atoms with Crippen molar-refractivity contribution in [2.24, 2.45) is 0 Å². The highest BCUT2D eigenvalue weighted by molar-refractivity contribution is 5.88. The lowest BCUT2D eigenvalue weighted by molar-refractivity contribution is -0.140. The number of rotatable bonds is 10. The van der Waals surface area contributed by atoms with E-state index in [2.05, 4.69) is 13.0 Å². The van der Waals surface area contributed by atoms with Gasteiger partial charge in [-0.05, 0) is 12.8 Å². The number of unbranched alkanes of at least 4 members (excludes halogenated alkanes) is 8. The maximum Gasteiger partial charge on any atom is 0.333 e. The molecule has 0 saturated heterocycles. The van der Waals surface area contributed by atoms with Gasteiger partial charge in [-0.3, -0.25) is 0 Å². The molecule has 2 nitrogen and oxygen atoms in total. The average molecular weight is 252 g/mol. The minimum atomic E-state index is -0.0826. The number of hydrogen-bond acceptors (Lipinski definition) is 2. The summed E-state index contributed by atoms with van der Waals surface area (Å²) in [4.78, 5) is 11.4. The van der Waals surface area contributed by atoms with Gasteiger partial charge in [-0.2, -0.15) is 0 Å². The molecule has 0 amide bonds. The van der Waals surface area contributed by atoms with Crippen LogP contribution in [-0.4, -0.2) is 12.6 Å². The predicted molar refractivity (Wildman–Crippen MR) is 75.5 cm³/mol. The molecule has 0 bridgehead atoms. The topological polar surface area (TPSA) is 26.3 Å².